The van der Waals surface area contributed by atoms with Crippen molar-refractivity contribution in [2.45, 2.75) is 13.0 Å². The average molecular weight is 188 g/mol. The zero-order valence-electron chi connectivity index (χ0n) is 8.58. The van der Waals surface area contributed by atoms with Crippen molar-refractivity contribution in [3.8, 4) is 0 Å². The van der Waals surface area contributed by atoms with E-state index < -0.39 is 0 Å². The highest BCUT2D eigenvalue weighted by Crippen LogP contribution is 2.26. The molecule has 0 atom stereocenters. The quantitative estimate of drug-likeness (QED) is 0.470. The number of hydrogen-bond donors (Lipinski definition) is 0. The second-order valence-electron chi connectivity index (χ2n) is 3.94. The molecular weight excluding hydrogens is 175 g/mol. The molecule has 0 saturated carbocycles. The van der Waals surface area contributed by atoms with Gasteiger partial charge in [0.05, 0.1) is 0 Å². The smallest absolute Gasteiger partial charge is 0.139 e. The number of rotatable bonds is 1. The number of fused-ring (bicyclic) bond motifs is 1. The summed E-state index contributed by atoms with van der Waals surface area (Å²) < 4.78 is 0. The third-order valence-corrected chi connectivity index (χ3v) is 2.91. The first kappa shape index (κ1) is 9.40. The lowest BCUT2D eigenvalue weighted by Crippen LogP contribution is -2.30. The Balaban J connectivity index is 2.54. The molecule has 72 valence electrons. The van der Waals surface area contributed by atoms with Crippen molar-refractivity contribution in [1.29, 1.82) is 0 Å². The van der Waals surface area contributed by atoms with E-state index in [0.717, 1.165) is 25.1 Å². The van der Waals surface area contributed by atoms with Gasteiger partial charge in [0.15, 0.2) is 0 Å². The van der Waals surface area contributed by atoms with E-state index in [4.69, 9.17) is 0 Å². The summed E-state index contributed by atoms with van der Waals surface area (Å²) in [6.07, 6.45) is 1.03. The van der Waals surface area contributed by atoms with Crippen LogP contribution in [0.3, 0.4) is 0 Å². The molecule has 1 aliphatic rings. The Morgan fingerprint density at radius 1 is 1.43 bits per heavy atom. The molecule has 14 heavy (non-hydrogen) atoms. The maximum atomic E-state index is 10.6. The van der Waals surface area contributed by atoms with Gasteiger partial charge in [-0.25, -0.2) is 0 Å². The van der Waals surface area contributed by atoms with Gasteiger partial charge in [0.1, 0.15) is 13.5 Å². The third kappa shape index (κ3) is 1.46. The summed E-state index contributed by atoms with van der Waals surface area (Å²) >= 11 is 0. The fourth-order valence-corrected chi connectivity index (χ4v) is 2.06. The summed E-state index contributed by atoms with van der Waals surface area (Å²) in [7, 11) is 4.17. The van der Waals surface area contributed by atoms with Crippen molar-refractivity contribution >= 4 is 19.0 Å². The standard InChI is InChI=1S/C10H13BN2O/c1-13-5-4-7-8(6-13)10(12-14)3-2-9(7)11/h2-3H,4-6,11H2,1H3. The van der Waals surface area contributed by atoms with E-state index in [1.54, 1.807) is 0 Å². The van der Waals surface area contributed by atoms with Crippen molar-refractivity contribution < 1.29 is 0 Å². The summed E-state index contributed by atoms with van der Waals surface area (Å²) in [4.78, 5) is 12.8. The van der Waals surface area contributed by atoms with Gasteiger partial charge in [0, 0.05) is 13.1 Å². The van der Waals surface area contributed by atoms with Crippen LogP contribution in [0.15, 0.2) is 17.3 Å². The minimum absolute atomic E-state index is 0.608. The molecule has 0 bridgehead atoms. The van der Waals surface area contributed by atoms with E-state index in [1.807, 2.05) is 12.1 Å². The van der Waals surface area contributed by atoms with Gasteiger partial charge in [-0.1, -0.05) is 11.5 Å². The molecule has 0 saturated heterocycles. The Labute approximate surface area is 84.5 Å². The Bertz CT molecular complexity index is 379. The number of benzene rings is 1. The SMILES string of the molecule is Bc1ccc(N=O)c2c1CCN(C)C2. The van der Waals surface area contributed by atoms with Crippen LogP contribution in [-0.2, 0) is 13.0 Å². The second-order valence-corrected chi connectivity index (χ2v) is 3.94. The Kier molecular flexibility index (Phi) is 2.38. The molecule has 0 fully saturated rings. The number of nitrogens with zero attached hydrogens (tertiary/aromatic N) is 2. The monoisotopic (exact) mass is 188 g/mol. The van der Waals surface area contributed by atoms with Crippen molar-refractivity contribution in [2.75, 3.05) is 13.6 Å². The van der Waals surface area contributed by atoms with Gasteiger partial charge in [-0.2, -0.15) is 0 Å². The Morgan fingerprint density at radius 3 is 2.93 bits per heavy atom. The third-order valence-electron chi connectivity index (χ3n) is 2.91. The van der Waals surface area contributed by atoms with Gasteiger partial charge in [-0.15, -0.1) is 4.91 Å². The summed E-state index contributed by atoms with van der Waals surface area (Å²) in [5, 5.41) is 3.08. The second kappa shape index (κ2) is 3.54. The number of hydrogen-bond acceptors (Lipinski definition) is 3. The van der Waals surface area contributed by atoms with Crippen LogP contribution >= 0.6 is 0 Å². The predicted octanol–water partition coefficient (Wildman–Crippen LogP) is 0.331. The van der Waals surface area contributed by atoms with E-state index in [1.165, 1.54) is 11.0 Å². The van der Waals surface area contributed by atoms with E-state index in [9.17, 15) is 4.91 Å². The first-order valence-electron chi connectivity index (χ1n) is 4.85. The van der Waals surface area contributed by atoms with Crippen LogP contribution in [0.4, 0.5) is 5.69 Å². The van der Waals surface area contributed by atoms with E-state index in [2.05, 4.69) is 25.0 Å². The van der Waals surface area contributed by atoms with Crippen LogP contribution in [0.1, 0.15) is 11.1 Å². The largest absolute Gasteiger partial charge is 0.302 e. The highest BCUT2D eigenvalue weighted by atomic mass is 16.3. The molecule has 1 aliphatic heterocycles. The van der Waals surface area contributed by atoms with Gasteiger partial charge in [0.2, 0.25) is 0 Å². The maximum absolute atomic E-state index is 10.6. The molecular formula is C10H13BN2O. The van der Waals surface area contributed by atoms with Gasteiger partial charge in [-0.3, -0.25) is 0 Å². The highest BCUT2D eigenvalue weighted by Gasteiger charge is 2.18. The topological polar surface area (TPSA) is 32.7 Å². The van der Waals surface area contributed by atoms with Gasteiger partial charge >= 0.3 is 0 Å². The van der Waals surface area contributed by atoms with Crippen LogP contribution in [0.5, 0.6) is 0 Å². The average Bonchev–Trinajstić information content (AvgIpc) is 2.18. The van der Waals surface area contributed by atoms with E-state index in [0.29, 0.717) is 5.69 Å². The molecule has 3 nitrogen and oxygen atoms in total. The maximum Gasteiger partial charge on any atom is 0.139 e. The molecule has 2 rings (SSSR count). The molecule has 0 N–H and O–H groups in total. The van der Waals surface area contributed by atoms with Crippen LogP contribution in [-0.4, -0.2) is 26.3 Å². The number of likely N-dealkylation sites (N-methyl/N-ethyl adjacent to an activating group) is 1. The lowest BCUT2D eigenvalue weighted by atomic mass is 9.84. The highest BCUT2D eigenvalue weighted by molar-refractivity contribution is 6.33. The Hall–Kier alpha value is -1.16. The predicted molar refractivity (Wildman–Crippen MR) is 60.1 cm³/mol. The fraction of sp³-hybridized carbons (Fsp3) is 0.400. The van der Waals surface area contributed by atoms with E-state index >= 15 is 0 Å². The van der Waals surface area contributed by atoms with Crippen molar-refractivity contribution in [3.63, 3.8) is 0 Å². The molecule has 0 amide bonds. The summed E-state index contributed by atoms with van der Waals surface area (Å²) in [5.74, 6) is 0. The zero-order chi connectivity index (χ0) is 10.1. The minimum atomic E-state index is 0.608. The Morgan fingerprint density at radius 2 is 2.21 bits per heavy atom. The summed E-state index contributed by atoms with van der Waals surface area (Å²) in [5.41, 5.74) is 4.33. The molecule has 0 unspecified atom stereocenters. The normalized spacial score (nSPS) is 16.4. The molecule has 0 radical (unpaired) electrons. The molecule has 4 heteroatoms. The molecule has 1 aromatic carbocycles. The van der Waals surface area contributed by atoms with E-state index in [-0.39, 0.29) is 0 Å². The molecule has 0 aliphatic carbocycles. The van der Waals surface area contributed by atoms with Crippen molar-refractivity contribution in [1.82, 2.24) is 4.90 Å². The molecule has 1 heterocycles. The first-order chi connectivity index (χ1) is 6.72. The lowest BCUT2D eigenvalue weighted by Gasteiger charge is -2.26. The molecule has 0 spiro atoms. The van der Waals surface area contributed by atoms with Crippen LogP contribution in [0, 0.1) is 4.91 Å². The van der Waals surface area contributed by atoms with Crippen LogP contribution < -0.4 is 5.46 Å². The molecule has 0 aromatic heterocycles. The van der Waals surface area contributed by atoms with Crippen LogP contribution in [0.25, 0.3) is 0 Å². The lowest BCUT2D eigenvalue weighted by molar-refractivity contribution is 0.314. The first-order valence-corrected chi connectivity index (χ1v) is 4.85. The van der Waals surface area contributed by atoms with Crippen molar-refractivity contribution in [3.05, 3.63) is 28.2 Å². The number of nitroso groups, excluding NO2 is 1. The minimum Gasteiger partial charge on any atom is -0.302 e. The fourth-order valence-electron chi connectivity index (χ4n) is 2.06. The molecule has 1 aromatic rings. The summed E-state index contributed by atoms with van der Waals surface area (Å²) in [6, 6.07) is 3.81. The van der Waals surface area contributed by atoms with Crippen molar-refractivity contribution in [2.24, 2.45) is 5.18 Å². The van der Waals surface area contributed by atoms with Crippen LogP contribution in [0.2, 0.25) is 0 Å². The van der Waals surface area contributed by atoms with Gasteiger partial charge in [-0.05, 0) is 35.8 Å². The zero-order valence-corrected chi connectivity index (χ0v) is 8.58. The van der Waals surface area contributed by atoms with Gasteiger partial charge in [0.25, 0.3) is 0 Å². The summed E-state index contributed by atoms with van der Waals surface area (Å²) in [6.45, 7) is 1.91. The van der Waals surface area contributed by atoms with Gasteiger partial charge < -0.3 is 4.90 Å².